The highest BCUT2D eigenvalue weighted by Gasteiger charge is 2.20. The van der Waals surface area contributed by atoms with Crippen LogP contribution < -0.4 is 10.1 Å². The second-order valence-electron chi connectivity index (χ2n) is 4.81. The summed E-state index contributed by atoms with van der Waals surface area (Å²) in [5.41, 5.74) is 0.784. The molecule has 122 valence electrons. The quantitative estimate of drug-likeness (QED) is 0.627. The van der Waals surface area contributed by atoms with Gasteiger partial charge in [-0.25, -0.2) is 4.79 Å². The number of methoxy groups -OCH3 is 1. The van der Waals surface area contributed by atoms with Crippen LogP contribution in [0.1, 0.15) is 24.4 Å². The fourth-order valence-corrected chi connectivity index (χ4v) is 1.98. The lowest BCUT2D eigenvalue weighted by atomic mass is 10.1. The topological polar surface area (TPSA) is 99.1 Å². The number of aliphatic hydroxyl groups is 1. The molecule has 0 aromatic heterocycles. The summed E-state index contributed by atoms with van der Waals surface area (Å²) in [6.45, 7) is 0.0572. The molecule has 0 bridgehead atoms. The Balaban J connectivity index is 2.60. The highest BCUT2D eigenvalue weighted by Crippen LogP contribution is 2.21. The number of nitrogens with zero attached hydrogens (tertiary/aromatic N) is 1. The smallest absolute Gasteiger partial charge is 0.317 e. The number of likely N-dealkylation sites (N-methyl/N-ethyl adjacent to an activating group) is 1. The van der Waals surface area contributed by atoms with E-state index in [1.165, 1.54) is 4.90 Å². The van der Waals surface area contributed by atoms with Crippen molar-refractivity contribution in [2.75, 3.05) is 27.3 Å². The molecule has 0 spiro atoms. The van der Waals surface area contributed by atoms with E-state index in [1.807, 2.05) is 0 Å². The number of nitrogens with one attached hydrogen (secondary N) is 1. The summed E-state index contributed by atoms with van der Waals surface area (Å²) < 4.78 is 5.07. The summed E-state index contributed by atoms with van der Waals surface area (Å²) in [5.74, 6) is -0.199. The van der Waals surface area contributed by atoms with E-state index in [1.54, 1.807) is 38.4 Å². The molecule has 7 heteroatoms. The summed E-state index contributed by atoms with van der Waals surface area (Å²) in [5, 5.41) is 20.7. The Morgan fingerprint density at radius 3 is 2.45 bits per heavy atom. The summed E-state index contributed by atoms with van der Waals surface area (Å²) in [6, 6.07) is 6.25. The van der Waals surface area contributed by atoms with Crippen LogP contribution in [0, 0.1) is 0 Å². The molecule has 7 nitrogen and oxygen atoms in total. The van der Waals surface area contributed by atoms with Gasteiger partial charge in [-0.2, -0.15) is 0 Å². The lowest BCUT2D eigenvalue weighted by molar-refractivity contribution is -0.137. The maximum Gasteiger partial charge on any atom is 0.317 e. The molecule has 0 fully saturated rings. The summed E-state index contributed by atoms with van der Waals surface area (Å²) >= 11 is 0. The number of hydrogen-bond donors (Lipinski definition) is 3. The van der Waals surface area contributed by atoms with Gasteiger partial charge in [0.15, 0.2) is 0 Å². The van der Waals surface area contributed by atoms with Gasteiger partial charge in [-0.3, -0.25) is 4.79 Å². The van der Waals surface area contributed by atoms with Gasteiger partial charge in [0.1, 0.15) is 5.75 Å². The molecule has 0 aliphatic rings. The zero-order valence-corrected chi connectivity index (χ0v) is 12.8. The van der Waals surface area contributed by atoms with Crippen LogP contribution in [0.3, 0.4) is 0 Å². The number of carbonyl (C=O) groups is 2. The SMILES string of the molecule is COc1ccc(C(CO)N(C)C(=O)NCCCC(=O)O)cc1. The van der Waals surface area contributed by atoms with Crippen LogP contribution in [0.25, 0.3) is 0 Å². The maximum absolute atomic E-state index is 12.0. The third-order valence-corrected chi connectivity index (χ3v) is 3.31. The predicted octanol–water partition coefficient (Wildman–Crippen LogP) is 1.23. The van der Waals surface area contributed by atoms with E-state index < -0.39 is 12.0 Å². The van der Waals surface area contributed by atoms with Crippen LogP contribution in [0.2, 0.25) is 0 Å². The number of aliphatic carboxylic acids is 1. The Kier molecular flexibility index (Phi) is 7.18. The van der Waals surface area contributed by atoms with Crippen LogP contribution in [-0.4, -0.2) is 54.4 Å². The molecule has 0 aliphatic heterocycles. The van der Waals surface area contributed by atoms with Gasteiger partial charge in [0.2, 0.25) is 0 Å². The van der Waals surface area contributed by atoms with E-state index in [0.29, 0.717) is 12.2 Å². The van der Waals surface area contributed by atoms with Gasteiger partial charge < -0.3 is 25.2 Å². The van der Waals surface area contributed by atoms with Crippen molar-refractivity contribution in [3.05, 3.63) is 29.8 Å². The molecule has 0 saturated heterocycles. The first-order valence-electron chi connectivity index (χ1n) is 6.96. The first-order chi connectivity index (χ1) is 10.5. The number of hydrogen-bond acceptors (Lipinski definition) is 4. The number of carbonyl (C=O) groups excluding carboxylic acids is 1. The molecule has 1 atom stereocenters. The van der Waals surface area contributed by atoms with E-state index in [0.717, 1.165) is 5.56 Å². The van der Waals surface area contributed by atoms with E-state index in [4.69, 9.17) is 9.84 Å². The second kappa shape index (κ2) is 8.89. The minimum atomic E-state index is -0.894. The predicted molar refractivity (Wildman–Crippen MR) is 80.9 cm³/mol. The standard InChI is InChI=1S/C15H22N2O5/c1-17(15(21)16-9-3-4-14(19)20)13(10-18)11-5-7-12(22-2)8-6-11/h5-8,13,18H,3-4,9-10H2,1-2H3,(H,16,21)(H,19,20). The molecule has 1 aromatic rings. The van der Waals surface area contributed by atoms with Gasteiger partial charge in [0, 0.05) is 20.0 Å². The van der Waals surface area contributed by atoms with Crippen molar-refractivity contribution in [1.82, 2.24) is 10.2 Å². The van der Waals surface area contributed by atoms with Crippen molar-refractivity contribution in [2.24, 2.45) is 0 Å². The van der Waals surface area contributed by atoms with Gasteiger partial charge in [0.25, 0.3) is 0 Å². The Bertz CT molecular complexity index is 489. The highest BCUT2D eigenvalue weighted by atomic mass is 16.5. The monoisotopic (exact) mass is 310 g/mol. The fraction of sp³-hybridized carbons (Fsp3) is 0.467. The Hall–Kier alpha value is -2.28. The number of rotatable bonds is 8. The van der Waals surface area contributed by atoms with E-state index in [-0.39, 0.29) is 25.6 Å². The van der Waals surface area contributed by atoms with E-state index in [2.05, 4.69) is 5.32 Å². The average Bonchev–Trinajstić information content (AvgIpc) is 2.52. The first kappa shape index (κ1) is 17.8. The number of aliphatic hydroxyl groups excluding tert-OH is 1. The Morgan fingerprint density at radius 1 is 1.32 bits per heavy atom. The van der Waals surface area contributed by atoms with E-state index >= 15 is 0 Å². The largest absolute Gasteiger partial charge is 0.497 e. The molecule has 3 N–H and O–H groups in total. The molecule has 1 rings (SSSR count). The zero-order valence-electron chi connectivity index (χ0n) is 12.8. The lowest BCUT2D eigenvalue weighted by Gasteiger charge is -2.27. The number of amides is 2. The summed E-state index contributed by atoms with van der Waals surface area (Å²) in [4.78, 5) is 23.8. The van der Waals surface area contributed by atoms with Gasteiger partial charge in [0.05, 0.1) is 19.8 Å². The first-order valence-corrected chi connectivity index (χ1v) is 6.96. The number of benzene rings is 1. The average molecular weight is 310 g/mol. The minimum absolute atomic E-state index is 0.00586. The molecule has 22 heavy (non-hydrogen) atoms. The number of carboxylic acids is 1. The molecule has 0 aliphatic carbocycles. The number of carboxylic acid groups (broad SMARTS) is 1. The maximum atomic E-state index is 12.0. The molecule has 0 saturated carbocycles. The third kappa shape index (κ3) is 5.25. The summed E-state index contributed by atoms with van der Waals surface area (Å²) in [6.07, 6.45) is 0.368. The molecule has 2 amide bonds. The fourth-order valence-electron chi connectivity index (χ4n) is 1.98. The second-order valence-corrected chi connectivity index (χ2v) is 4.81. The van der Waals surface area contributed by atoms with Gasteiger partial charge in [-0.1, -0.05) is 12.1 Å². The molecule has 0 radical (unpaired) electrons. The highest BCUT2D eigenvalue weighted by molar-refractivity contribution is 5.74. The van der Waals surface area contributed by atoms with Crippen LogP contribution in [0.4, 0.5) is 4.79 Å². The van der Waals surface area contributed by atoms with Crippen molar-refractivity contribution in [1.29, 1.82) is 0 Å². The van der Waals surface area contributed by atoms with Gasteiger partial charge >= 0.3 is 12.0 Å². The zero-order chi connectivity index (χ0) is 16.5. The van der Waals surface area contributed by atoms with Crippen molar-refractivity contribution in [3.8, 4) is 5.75 Å². The molecular formula is C15H22N2O5. The van der Waals surface area contributed by atoms with Crippen LogP contribution >= 0.6 is 0 Å². The van der Waals surface area contributed by atoms with Crippen LogP contribution in [-0.2, 0) is 4.79 Å². The Morgan fingerprint density at radius 2 is 1.95 bits per heavy atom. The summed E-state index contributed by atoms with van der Waals surface area (Å²) in [7, 11) is 3.15. The van der Waals surface area contributed by atoms with Crippen LogP contribution in [0.5, 0.6) is 5.75 Å². The molecule has 1 aromatic carbocycles. The van der Waals surface area contributed by atoms with Crippen molar-refractivity contribution >= 4 is 12.0 Å². The Labute approximate surface area is 129 Å². The van der Waals surface area contributed by atoms with Crippen molar-refractivity contribution < 1.29 is 24.5 Å². The van der Waals surface area contributed by atoms with Crippen LogP contribution in [0.15, 0.2) is 24.3 Å². The third-order valence-electron chi connectivity index (χ3n) is 3.31. The van der Waals surface area contributed by atoms with Gasteiger partial charge in [-0.05, 0) is 24.1 Å². The minimum Gasteiger partial charge on any atom is -0.497 e. The lowest BCUT2D eigenvalue weighted by Crippen LogP contribution is -2.41. The van der Waals surface area contributed by atoms with E-state index in [9.17, 15) is 14.7 Å². The normalized spacial score (nSPS) is 11.6. The molecule has 0 heterocycles. The van der Waals surface area contributed by atoms with Crippen molar-refractivity contribution in [3.63, 3.8) is 0 Å². The number of urea groups is 1. The number of ether oxygens (including phenoxy) is 1. The van der Waals surface area contributed by atoms with Gasteiger partial charge in [-0.15, -0.1) is 0 Å². The molecular weight excluding hydrogens is 288 g/mol. The molecule has 1 unspecified atom stereocenters. The van der Waals surface area contributed by atoms with Crippen molar-refractivity contribution in [2.45, 2.75) is 18.9 Å².